The minimum atomic E-state index is 0.216. The second-order valence-electron chi connectivity index (χ2n) is 4.15. The highest BCUT2D eigenvalue weighted by Gasteiger charge is 2.05. The minimum absolute atomic E-state index is 0.216. The quantitative estimate of drug-likeness (QED) is 0.860. The summed E-state index contributed by atoms with van der Waals surface area (Å²) in [6.07, 6.45) is 0.216. The van der Waals surface area contributed by atoms with E-state index in [1.54, 1.807) is 0 Å². The van der Waals surface area contributed by atoms with Gasteiger partial charge in [-0.3, -0.25) is 0 Å². The Balaban J connectivity index is 2.22. The molecule has 0 aliphatic carbocycles. The van der Waals surface area contributed by atoms with E-state index in [0.29, 0.717) is 13.2 Å². The summed E-state index contributed by atoms with van der Waals surface area (Å²) in [6.45, 7) is 5.09. The van der Waals surface area contributed by atoms with E-state index in [2.05, 4.69) is 6.07 Å². The first-order valence-electron chi connectivity index (χ1n) is 5.52. The molecule has 0 saturated carbocycles. The van der Waals surface area contributed by atoms with E-state index in [4.69, 9.17) is 14.9 Å². The Morgan fingerprint density at radius 2 is 2.12 bits per heavy atom. The van der Waals surface area contributed by atoms with Gasteiger partial charge in [-0.25, -0.2) is 0 Å². The van der Waals surface area contributed by atoms with E-state index in [1.165, 1.54) is 0 Å². The topological polar surface area (TPSA) is 48.4 Å². The fraction of sp³-hybridized carbons (Fsp3) is 0.385. The van der Waals surface area contributed by atoms with Crippen molar-refractivity contribution in [3.05, 3.63) is 35.6 Å². The molecule has 0 saturated heterocycles. The lowest BCUT2D eigenvalue weighted by molar-refractivity contribution is 0.0553. The first kappa shape index (κ1) is 11.2. The molecule has 0 atom stereocenters. The van der Waals surface area contributed by atoms with Gasteiger partial charge in [-0.05, 0) is 37.6 Å². The summed E-state index contributed by atoms with van der Waals surface area (Å²) in [5, 5.41) is 1.09. The molecule has 1 aromatic carbocycles. The number of ether oxygens (including phenoxy) is 1. The monoisotopic (exact) mass is 219 g/mol. The summed E-state index contributed by atoms with van der Waals surface area (Å²) in [7, 11) is 0. The van der Waals surface area contributed by atoms with Crippen LogP contribution >= 0.6 is 0 Å². The number of hydrogen-bond donors (Lipinski definition) is 1. The van der Waals surface area contributed by atoms with Gasteiger partial charge in [0.05, 0.1) is 6.10 Å². The number of nitrogens with two attached hydrogens (primary N) is 1. The molecule has 2 aromatic rings. The second-order valence-corrected chi connectivity index (χ2v) is 4.15. The molecule has 0 bridgehead atoms. The van der Waals surface area contributed by atoms with Crippen molar-refractivity contribution in [2.24, 2.45) is 5.73 Å². The fourth-order valence-electron chi connectivity index (χ4n) is 1.59. The number of furan rings is 1. The Labute approximate surface area is 95.2 Å². The van der Waals surface area contributed by atoms with Crippen LogP contribution in [0.5, 0.6) is 0 Å². The van der Waals surface area contributed by atoms with Crippen molar-refractivity contribution in [3.8, 4) is 0 Å². The van der Waals surface area contributed by atoms with Crippen molar-refractivity contribution in [1.29, 1.82) is 0 Å². The molecule has 0 fully saturated rings. The largest absolute Gasteiger partial charge is 0.459 e. The highest BCUT2D eigenvalue weighted by Crippen LogP contribution is 2.21. The highest BCUT2D eigenvalue weighted by atomic mass is 16.5. The maximum absolute atomic E-state index is 5.65. The second kappa shape index (κ2) is 4.68. The standard InChI is InChI=1S/C13H17NO2/c1-9(2)15-8-12-6-11-5-10(7-14)3-4-13(11)16-12/h3-6,9H,7-8,14H2,1-2H3. The normalized spacial score (nSPS) is 11.5. The summed E-state index contributed by atoms with van der Waals surface area (Å²) >= 11 is 0. The fourth-order valence-corrected chi connectivity index (χ4v) is 1.59. The first-order chi connectivity index (χ1) is 7.69. The molecule has 0 radical (unpaired) electrons. The molecule has 2 rings (SSSR count). The van der Waals surface area contributed by atoms with Crippen molar-refractivity contribution in [3.63, 3.8) is 0 Å². The molecule has 0 aliphatic rings. The van der Waals surface area contributed by atoms with Gasteiger partial charge < -0.3 is 14.9 Å². The van der Waals surface area contributed by atoms with Crippen molar-refractivity contribution < 1.29 is 9.15 Å². The molecule has 3 nitrogen and oxygen atoms in total. The van der Waals surface area contributed by atoms with Crippen LogP contribution in [-0.2, 0) is 17.9 Å². The lowest BCUT2D eigenvalue weighted by atomic mass is 10.1. The van der Waals surface area contributed by atoms with Crippen molar-refractivity contribution in [2.45, 2.75) is 33.1 Å². The molecule has 3 heteroatoms. The zero-order valence-electron chi connectivity index (χ0n) is 9.69. The predicted octanol–water partition coefficient (Wildman–Crippen LogP) is 2.82. The van der Waals surface area contributed by atoms with E-state index in [9.17, 15) is 0 Å². The van der Waals surface area contributed by atoms with Crippen molar-refractivity contribution >= 4 is 11.0 Å². The van der Waals surface area contributed by atoms with Crippen LogP contribution in [0.25, 0.3) is 11.0 Å². The van der Waals surface area contributed by atoms with Crippen molar-refractivity contribution in [1.82, 2.24) is 0 Å². The van der Waals surface area contributed by atoms with Crippen LogP contribution in [0.3, 0.4) is 0 Å². The third-order valence-corrected chi connectivity index (χ3v) is 2.43. The molecule has 0 aliphatic heterocycles. The van der Waals surface area contributed by atoms with Crippen LogP contribution in [0, 0.1) is 0 Å². The Kier molecular flexibility index (Phi) is 3.27. The molecule has 1 aromatic heterocycles. The molecular weight excluding hydrogens is 202 g/mol. The Bertz CT molecular complexity index is 474. The molecule has 1 heterocycles. The molecular formula is C13H17NO2. The number of hydrogen-bond acceptors (Lipinski definition) is 3. The SMILES string of the molecule is CC(C)OCc1cc2cc(CN)ccc2o1. The lowest BCUT2D eigenvalue weighted by Gasteiger charge is -2.03. The summed E-state index contributed by atoms with van der Waals surface area (Å²) in [5.41, 5.74) is 7.59. The van der Waals surface area contributed by atoms with Gasteiger partial charge in [0.25, 0.3) is 0 Å². The predicted molar refractivity (Wildman–Crippen MR) is 64.0 cm³/mol. The van der Waals surface area contributed by atoms with Crippen molar-refractivity contribution in [2.75, 3.05) is 0 Å². The van der Waals surface area contributed by atoms with E-state index in [-0.39, 0.29) is 6.10 Å². The summed E-state index contributed by atoms with van der Waals surface area (Å²) in [6, 6.07) is 8.00. The lowest BCUT2D eigenvalue weighted by Crippen LogP contribution is -2.01. The average Bonchev–Trinajstić information content (AvgIpc) is 2.67. The zero-order valence-corrected chi connectivity index (χ0v) is 9.69. The van der Waals surface area contributed by atoms with Crippen LogP contribution in [0.15, 0.2) is 28.7 Å². The summed E-state index contributed by atoms with van der Waals surface area (Å²) in [5.74, 6) is 0.859. The number of benzene rings is 1. The average molecular weight is 219 g/mol. The van der Waals surface area contributed by atoms with E-state index < -0.39 is 0 Å². The van der Waals surface area contributed by atoms with Gasteiger partial charge >= 0.3 is 0 Å². The Morgan fingerprint density at radius 3 is 2.81 bits per heavy atom. The summed E-state index contributed by atoms with van der Waals surface area (Å²) in [4.78, 5) is 0. The van der Waals surface area contributed by atoms with E-state index in [0.717, 1.165) is 22.3 Å². The van der Waals surface area contributed by atoms with Gasteiger partial charge in [-0.15, -0.1) is 0 Å². The maximum Gasteiger partial charge on any atom is 0.134 e. The van der Waals surface area contributed by atoms with Crippen LogP contribution in [-0.4, -0.2) is 6.10 Å². The zero-order chi connectivity index (χ0) is 11.5. The van der Waals surface area contributed by atoms with Gasteiger partial charge in [0, 0.05) is 11.9 Å². The Morgan fingerprint density at radius 1 is 1.31 bits per heavy atom. The maximum atomic E-state index is 5.65. The van der Waals surface area contributed by atoms with Crippen LogP contribution in [0.1, 0.15) is 25.2 Å². The number of rotatable bonds is 4. The third-order valence-electron chi connectivity index (χ3n) is 2.43. The number of fused-ring (bicyclic) bond motifs is 1. The molecule has 0 unspecified atom stereocenters. The van der Waals surface area contributed by atoms with E-state index >= 15 is 0 Å². The van der Waals surface area contributed by atoms with Gasteiger partial charge in [-0.2, -0.15) is 0 Å². The molecule has 0 amide bonds. The van der Waals surface area contributed by atoms with Crippen LogP contribution in [0.2, 0.25) is 0 Å². The molecule has 86 valence electrons. The van der Waals surface area contributed by atoms with Gasteiger partial charge in [0.1, 0.15) is 18.0 Å². The Hall–Kier alpha value is -1.32. The van der Waals surface area contributed by atoms with Crippen LogP contribution in [0.4, 0.5) is 0 Å². The minimum Gasteiger partial charge on any atom is -0.459 e. The molecule has 0 spiro atoms. The third kappa shape index (κ3) is 2.43. The van der Waals surface area contributed by atoms with Crippen LogP contribution < -0.4 is 5.73 Å². The first-order valence-corrected chi connectivity index (χ1v) is 5.52. The van der Waals surface area contributed by atoms with Gasteiger partial charge in [-0.1, -0.05) is 6.07 Å². The molecule has 2 N–H and O–H groups in total. The van der Waals surface area contributed by atoms with E-state index in [1.807, 2.05) is 32.0 Å². The smallest absolute Gasteiger partial charge is 0.134 e. The summed E-state index contributed by atoms with van der Waals surface area (Å²) < 4.78 is 11.1. The van der Waals surface area contributed by atoms with Gasteiger partial charge in [0.2, 0.25) is 0 Å². The highest BCUT2D eigenvalue weighted by molar-refractivity contribution is 5.78. The van der Waals surface area contributed by atoms with Gasteiger partial charge in [0.15, 0.2) is 0 Å². The molecule has 16 heavy (non-hydrogen) atoms.